The lowest BCUT2D eigenvalue weighted by Gasteiger charge is -2.30. The lowest BCUT2D eigenvalue weighted by atomic mass is 9.85. The summed E-state index contributed by atoms with van der Waals surface area (Å²) in [5.41, 5.74) is 0.770. The third-order valence-electron chi connectivity index (χ3n) is 3.84. The van der Waals surface area contributed by atoms with Gasteiger partial charge in [-0.1, -0.05) is 18.9 Å². The minimum absolute atomic E-state index is 0.0603. The van der Waals surface area contributed by atoms with Gasteiger partial charge in [0.05, 0.1) is 10.9 Å². The quantitative estimate of drug-likeness (QED) is 0.883. The SMILES string of the molecule is O=C(Cc1ccc(F)c(Br)c1)NC1CCCCC1CO. The maximum absolute atomic E-state index is 13.1. The van der Waals surface area contributed by atoms with E-state index in [0.29, 0.717) is 4.47 Å². The minimum Gasteiger partial charge on any atom is -0.396 e. The third kappa shape index (κ3) is 4.03. The van der Waals surface area contributed by atoms with E-state index in [1.54, 1.807) is 12.1 Å². The Morgan fingerprint density at radius 3 is 2.85 bits per heavy atom. The van der Waals surface area contributed by atoms with Crippen molar-refractivity contribution < 1.29 is 14.3 Å². The second-order valence-electron chi connectivity index (χ2n) is 5.33. The van der Waals surface area contributed by atoms with E-state index >= 15 is 0 Å². The zero-order chi connectivity index (χ0) is 14.5. The van der Waals surface area contributed by atoms with Crippen molar-refractivity contribution >= 4 is 21.8 Å². The van der Waals surface area contributed by atoms with E-state index < -0.39 is 0 Å². The second kappa shape index (κ2) is 7.18. The average molecular weight is 344 g/mol. The van der Waals surface area contributed by atoms with Crippen LogP contribution in [0.1, 0.15) is 31.2 Å². The van der Waals surface area contributed by atoms with Crippen LogP contribution in [0.15, 0.2) is 22.7 Å². The maximum Gasteiger partial charge on any atom is 0.224 e. The standard InChI is InChI=1S/C15H19BrFNO2/c16-12-7-10(5-6-13(12)17)8-15(20)18-14-4-2-1-3-11(14)9-19/h5-7,11,14,19H,1-4,8-9H2,(H,18,20). The number of hydrogen-bond donors (Lipinski definition) is 2. The lowest BCUT2D eigenvalue weighted by molar-refractivity contribution is -0.121. The van der Waals surface area contributed by atoms with E-state index in [4.69, 9.17) is 0 Å². The molecule has 2 unspecified atom stereocenters. The number of hydrogen-bond acceptors (Lipinski definition) is 2. The van der Waals surface area contributed by atoms with Gasteiger partial charge in [0, 0.05) is 18.6 Å². The molecule has 0 aromatic heterocycles. The van der Waals surface area contributed by atoms with Gasteiger partial charge < -0.3 is 10.4 Å². The van der Waals surface area contributed by atoms with E-state index in [1.165, 1.54) is 6.07 Å². The molecule has 110 valence electrons. The molecule has 1 aliphatic carbocycles. The number of amides is 1. The summed E-state index contributed by atoms with van der Waals surface area (Å²) in [4.78, 5) is 12.0. The molecule has 2 rings (SSSR count). The molecule has 1 fully saturated rings. The smallest absolute Gasteiger partial charge is 0.224 e. The van der Waals surface area contributed by atoms with Crippen LogP contribution in [0.25, 0.3) is 0 Å². The van der Waals surface area contributed by atoms with Crippen LogP contribution < -0.4 is 5.32 Å². The van der Waals surface area contributed by atoms with Crippen LogP contribution in [0.2, 0.25) is 0 Å². The summed E-state index contributed by atoms with van der Waals surface area (Å²) in [6.45, 7) is 0.118. The van der Waals surface area contributed by atoms with Crippen LogP contribution in [-0.2, 0) is 11.2 Å². The van der Waals surface area contributed by atoms with Crippen LogP contribution in [0, 0.1) is 11.7 Å². The van der Waals surface area contributed by atoms with Crippen molar-refractivity contribution in [1.82, 2.24) is 5.32 Å². The lowest BCUT2D eigenvalue weighted by Crippen LogP contribution is -2.44. The Balaban J connectivity index is 1.92. The van der Waals surface area contributed by atoms with E-state index in [9.17, 15) is 14.3 Å². The summed E-state index contributed by atoms with van der Waals surface area (Å²) in [6.07, 6.45) is 4.31. The fourth-order valence-electron chi connectivity index (χ4n) is 2.71. The normalized spacial score (nSPS) is 22.6. The van der Waals surface area contributed by atoms with Crippen molar-refractivity contribution in [2.75, 3.05) is 6.61 Å². The monoisotopic (exact) mass is 343 g/mol. The molecule has 2 atom stereocenters. The van der Waals surface area contributed by atoms with Gasteiger partial charge >= 0.3 is 0 Å². The van der Waals surface area contributed by atoms with E-state index in [-0.39, 0.29) is 36.7 Å². The zero-order valence-corrected chi connectivity index (χ0v) is 12.8. The molecule has 1 saturated carbocycles. The van der Waals surface area contributed by atoms with Gasteiger partial charge in [0.25, 0.3) is 0 Å². The molecule has 0 aliphatic heterocycles. The molecule has 0 radical (unpaired) electrons. The number of carbonyl (C=O) groups is 1. The molecule has 2 N–H and O–H groups in total. The fraction of sp³-hybridized carbons (Fsp3) is 0.533. The summed E-state index contributed by atoms with van der Waals surface area (Å²) in [5.74, 6) is -0.247. The number of carbonyl (C=O) groups excluding carboxylic acids is 1. The topological polar surface area (TPSA) is 49.3 Å². The molecule has 1 aliphatic rings. The molecule has 1 aromatic rings. The summed E-state index contributed by atoms with van der Waals surface area (Å²) in [7, 11) is 0. The Labute approximate surface area is 126 Å². The predicted octanol–water partition coefficient (Wildman–Crippen LogP) is 2.80. The Morgan fingerprint density at radius 2 is 2.15 bits per heavy atom. The third-order valence-corrected chi connectivity index (χ3v) is 4.45. The Hall–Kier alpha value is -0.940. The van der Waals surface area contributed by atoms with E-state index in [0.717, 1.165) is 31.2 Å². The first-order chi connectivity index (χ1) is 9.60. The first kappa shape index (κ1) is 15.4. The molecule has 0 heterocycles. The van der Waals surface area contributed by atoms with Crippen molar-refractivity contribution in [1.29, 1.82) is 0 Å². The fourth-order valence-corrected chi connectivity index (χ4v) is 3.14. The van der Waals surface area contributed by atoms with Gasteiger partial charge in [0.1, 0.15) is 5.82 Å². The first-order valence-corrected chi connectivity index (χ1v) is 7.73. The zero-order valence-electron chi connectivity index (χ0n) is 11.2. The van der Waals surface area contributed by atoms with Crippen LogP contribution in [0.5, 0.6) is 0 Å². The van der Waals surface area contributed by atoms with E-state index in [1.807, 2.05) is 0 Å². The number of aliphatic hydroxyl groups excluding tert-OH is 1. The molecular weight excluding hydrogens is 325 g/mol. The molecule has 3 nitrogen and oxygen atoms in total. The largest absolute Gasteiger partial charge is 0.396 e. The van der Waals surface area contributed by atoms with Crippen molar-refractivity contribution in [2.45, 2.75) is 38.1 Å². The highest BCUT2D eigenvalue weighted by Crippen LogP contribution is 2.24. The summed E-state index contributed by atoms with van der Waals surface area (Å²) in [5, 5.41) is 12.3. The van der Waals surface area contributed by atoms with Crippen molar-refractivity contribution in [3.8, 4) is 0 Å². The number of halogens is 2. The summed E-state index contributed by atoms with van der Waals surface area (Å²) < 4.78 is 13.5. The molecule has 1 amide bonds. The van der Waals surface area contributed by atoms with Gasteiger partial charge in [-0.25, -0.2) is 4.39 Å². The maximum atomic E-state index is 13.1. The molecule has 0 spiro atoms. The Morgan fingerprint density at radius 1 is 1.40 bits per heavy atom. The number of nitrogens with one attached hydrogen (secondary N) is 1. The Bertz CT molecular complexity index is 481. The molecule has 0 bridgehead atoms. The summed E-state index contributed by atoms with van der Waals surface area (Å²) in [6, 6.07) is 4.65. The van der Waals surface area contributed by atoms with Gasteiger partial charge in [0.2, 0.25) is 5.91 Å². The van der Waals surface area contributed by atoms with Crippen molar-refractivity contribution in [2.24, 2.45) is 5.92 Å². The highest BCUT2D eigenvalue weighted by molar-refractivity contribution is 9.10. The molecule has 5 heteroatoms. The van der Waals surface area contributed by atoms with Gasteiger partial charge in [-0.2, -0.15) is 0 Å². The Kier molecular flexibility index (Phi) is 5.54. The van der Waals surface area contributed by atoms with Gasteiger partial charge in [-0.3, -0.25) is 4.79 Å². The van der Waals surface area contributed by atoms with Crippen LogP contribution >= 0.6 is 15.9 Å². The highest BCUT2D eigenvalue weighted by atomic mass is 79.9. The average Bonchev–Trinajstić information content (AvgIpc) is 2.43. The van der Waals surface area contributed by atoms with Crippen molar-refractivity contribution in [3.05, 3.63) is 34.1 Å². The van der Waals surface area contributed by atoms with Gasteiger partial charge in [-0.15, -0.1) is 0 Å². The summed E-state index contributed by atoms with van der Waals surface area (Å²) >= 11 is 3.12. The molecule has 20 heavy (non-hydrogen) atoms. The number of benzene rings is 1. The van der Waals surface area contributed by atoms with Gasteiger partial charge in [-0.05, 0) is 46.5 Å². The minimum atomic E-state index is -0.332. The number of rotatable bonds is 4. The molecular formula is C15H19BrFNO2. The van der Waals surface area contributed by atoms with E-state index in [2.05, 4.69) is 21.2 Å². The van der Waals surface area contributed by atoms with Crippen molar-refractivity contribution in [3.63, 3.8) is 0 Å². The number of aliphatic hydroxyl groups is 1. The molecule has 0 saturated heterocycles. The second-order valence-corrected chi connectivity index (χ2v) is 6.18. The van der Waals surface area contributed by atoms with Crippen LogP contribution in [0.4, 0.5) is 4.39 Å². The van der Waals surface area contributed by atoms with Gasteiger partial charge in [0.15, 0.2) is 0 Å². The van der Waals surface area contributed by atoms with Crippen LogP contribution in [0.3, 0.4) is 0 Å². The predicted molar refractivity (Wildman–Crippen MR) is 78.8 cm³/mol. The van der Waals surface area contributed by atoms with Crippen LogP contribution in [-0.4, -0.2) is 23.7 Å². The molecule has 1 aromatic carbocycles. The highest BCUT2D eigenvalue weighted by Gasteiger charge is 2.25. The first-order valence-electron chi connectivity index (χ1n) is 6.94.